The molecule has 0 aliphatic carbocycles. The number of benzene rings is 2. The summed E-state index contributed by atoms with van der Waals surface area (Å²) in [5, 5.41) is 14.3. The van der Waals surface area contributed by atoms with Crippen LogP contribution in [0, 0.1) is 6.92 Å². The molecule has 1 amide bonds. The lowest BCUT2D eigenvalue weighted by Gasteiger charge is -2.33. The van der Waals surface area contributed by atoms with Crippen molar-refractivity contribution in [2.45, 2.75) is 26.4 Å². The molecule has 41 heavy (non-hydrogen) atoms. The predicted molar refractivity (Wildman–Crippen MR) is 164 cm³/mol. The largest absolute Gasteiger partial charge is 0.387 e. The van der Waals surface area contributed by atoms with Gasteiger partial charge in [-0.3, -0.25) is 14.2 Å². The molecule has 2 N–H and O–H groups in total. The van der Waals surface area contributed by atoms with E-state index in [-0.39, 0.29) is 23.4 Å². The Morgan fingerprint density at radius 1 is 1.02 bits per heavy atom. The Labute approximate surface area is 240 Å². The van der Waals surface area contributed by atoms with Gasteiger partial charge in [-0.1, -0.05) is 60.7 Å². The highest BCUT2D eigenvalue weighted by molar-refractivity contribution is 5.99. The van der Waals surface area contributed by atoms with Crippen LogP contribution in [-0.2, 0) is 6.42 Å². The topological polar surface area (TPSA) is 90.7 Å². The summed E-state index contributed by atoms with van der Waals surface area (Å²) >= 11 is 0. The number of nitrogens with zero attached hydrogens (tertiary/aromatic N) is 4. The predicted octanol–water partition coefficient (Wildman–Crippen LogP) is 4.35. The summed E-state index contributed by atoms with van der Waals surface area (Å²) in [5.74, 6) is 0.291. The number of pyridine rings is 2. The van der Waals surface area contributed by atoms with Crippen molar-refractivity contribution in [1.82, 2.24) is 19.4 Å². The number of hydrogen-bond acceptors (Lipinski definition) is 6. The van der Waals surface area contributed by atoms with Crippen molar-refractivity contribution >= 4 is 22.8 Å². The van der Waals surface area contributed by atoms with Gasteiger partial charge in [-0.05, 0) is 56.6 Å². The summed E-state index contributed by atoms with van der Waals surface area (Å²) in [6, 6.07) is 20.9. The molecular weight excluding hydrogens is 514 g/mol. The van der Waals surface area contributed by atoms with Crippen LogP contribution >= 0.6 is 0 Å². The van der Waals surface area contributed by atoms with Gasteiger partial charge >= 0.3 is 0 Å². The first kappa shape index (κ1) is 28.3. The SMILES string of the molecule is C/C=C/Cc1ccccc1-n1c(C)c(C(=O)N2CCN(C)CC2)c(=O)c2ccc(NCC(O)c3ccccc3)nc21. The van der Waals surface area contributed by atoms with Crippen molar-refractivity contribution in [2.24, 2.45) is 0 Å². The average Bonchev–Trinajstić information content (AvgIpc) is 3.00. The summed E-state index contributed by atoms with van der Waals surface area (Å²) in [6.45, 7) is 6.76. The molecule has 1 aliphatic rings. The van der Waals surface area contributed by atoms with Crippen LogP contribution in [0.3, 0.4) is 0 Å². The Morgan fingerprint density at radius 2 is 1.73 bits per heavy atom. The number of para-hydroxylation sites is 1. The van der Waals surface area contributed by atoms with Gasteiger partial charge in [0.2, 0.25) is 5.43 Å². The van der Waals surface area contributed by atoms with E-state index in [2.05, 4.69) is 22.4 Å². The smallest absolute Gasteiger partial charge is 0.259 e. The van der Waals surface area contributed by atoms with Crippen molar-refractivity contribution in [3.05, 3.63) is 111 Å². The van der Waals surface area contributed by atoms with Crippen LogP contribution in [0.4, 0.5) is 5.82 Å². The highest BCUT2D eigenvalue weighted by Gasteiger charge is 2.28. The molecule has 3 heterocycles. The van der Waals surface area contributed by atoms with Gasteiger partial charge in [0.1, 0.15) is 11.4 Å². The van der Waals surface area contributed by atoms with Gasteiger partial charge in [0.25, 0.3) is 5.91 Å². The van der Waals surface area contributed by atoms with Gasteiger partial charge in [0.15, 0.2) is 5.65 Å². The molecule has 1 atom stereocenters. The van der Waals surface area contributed by atoms with E-state index < -0.39 is 6.10 Å². The van der Waals surface area contributed by atoms with Crippen LogP contribution in [0.1, 0.15) is 40.2 Å². The monoisotopic (exact) mass is 551 g/mol. The number of allylic oxidation sites excluding steroid dienone is 2. The highest BCUT2D eigenvalue weighted by Crippen LogP contribution is 2.26. The highest BCUT2D eigenvalue weighted by atomic mass is 16.3. The number of carbonyl (C=O) groups excluding carboxylic acids is 1. The third-order valence-electron chi connectivity index (χ3n) is 7.73. The van der Waals surface area contributed by atoms with Crippen molar-refractivity contribution in [3.8, 4) is 5.69 Å². The molecule has 1 aliphatic heterocycles. The van der Waals surface area contributed by atoms with E-state index in [1.165, 1.54) is 0 Å². The molecular formula is C33H37N5O3. The van der Waals surface area contributed by atoms with Gasteiger partial charge in [0.05, 0.1) is 17.2 Å². The summed E-state index contributed by atoms with van der Waals surface area (Å²) in [5.41, 5.74) is 3.63. The minimum atomic E-state index is -0.720. The number of piperazine rings is 1. The van der Waals surface area contributed by atoms with Crippen LogP contribution in [0.2, 0.25) is 0 Å². The quantitative estimate of drug-likeness (QED) is 0.317. The number of amides is 1. The van der Waals surface area contributed by atoms with E-state index in [0.717, 1.165) is 29.9 Å². The fourth-order valence-electron chi connectivity index (χ4n) is 5.32. The van der Waals surface area contributed by atoms with Gasteiger partial charge in [-0.15, -0.1) is 0 Å². The summed E-state index contributed by atoms with van der Waals surface area (Å²) in [7, 11) is 2.04. The molecule has 8 nitrogen and oxygen atoms in total. The first-order chi connectivity index (χ1) is 19.9. The second-order valence-electron chi connectivity index (χ2n) is 10.5. The van der Waals surface area contributed by atoms with Gasteiger partial charge < -0.3 is 20.2 Å². The molecule has 1 unspecified atom stereocenters. The molecule has 0 bridgehead atoms. The molecule has 2 aromatic carbocycles. The zero-order chi connectivity index (χ0) is 28.9. The van der Waals surface area contributed by atoms with Crippen molar-refractivity contribution in [1.29, 1.82) is 0 Å². The first-order valence-electron chi connectivity index (χ1n) is 14.1. The summed E-state index contributed by atoms with van der Waals surface area (Å²) in [6.07, 6.45) is 4.07. The lowest BCUT2D eigenvalue weighted by Crippen LogP contribution is -2.48. The number of hydrogen-bond donors (Lipinski definition) is 2. The maximum atomic E-state index is 13.9. The maximum absolute atomic E-state index is 13.9. The third kappa shape index (κ3) is 5.94. The van der Waals surface area contributed by atoms with Crippen molar-refractivity contribution in [2.75, 3.05) is 45.1 Å². The Morgan fingerprint density at radius 3 is 2.46 bits per heavy atom. The minimum absolute atomic E-state index is 0.185. The summed E-state index contributed by atoms with van der Waals surface area (Å²) in [4.78, 5) is 36.6. The second-order valence-corrected chi connectivity index (χ2v) is 10.5. The van der Waals surface area contributed by atoms with Gasteiger partial charge in [-0.2, -0.15) is 0 Å². The number of fused-ring (bicyclic) bond motifs is 1. The lowest BCUT2D eigenvalue weighted by molar-refractivity contribution is 0.0661. The van der Waals surface area contributed by atoms with Crippen LogP contribution in [0.5, 0.6) is 0 Å². The normalized spacial score (nSPS) is 15.0. The number of nitrogens with one attached hydrogen (secondary N) is 1. The Bertz CT molecular complexity index is 1620. The van der Waals surface area contributed by atoms with Crippen molar-refractivity contribution < 1.29 is 9.90 Å². The number of rotatable bonds is 8. The molecule has 8 heteroatoms. The second kappa shape index (κ2) is 12.5. The van der Waals surface area contributed by atoms with Crippen LogP contribution in [0.15, 0.2) is 83.7 Å². The molecule has 1 saturated heterocycles. The standard InChI is InChI=1S/C33H37N5O3/c1-4-5-11-24-12-9-10-15-27(24)38-23(2)30(33(41)37-20-18-36(3)19-21-37)31(40)26-16-17-29(35-32(26)38)34-22-28(39)25-13-7-6-8-14-25/h4-10,12-17,28,39H,11,18-22H2,1-3H3,(H,34,35)/b5-4+. The molecule has 5 rings (SSSR count). The van der Waals surface area contributed by atoms with Crippen molar-refractivity contribution in [3.63, 3.8) is 0 Å². The number of anilines is 1. The Balaban J connectivity index is 1.63. The first-order valence-corrected chi connectivity index (χ1v) is 14.1. The number of aliphatic hydroxyl groups is 1. The van der Waals surface area contributed by atoms with Crippen LogP contribution in [0.25, 0.3) is 16.7 Å². The van der Waals surface area contributed by atoms with E-state index in [1.807, 2.05) is 80.1 Å². The Hall–Kier alpha value is -4.27. The molecule has 0 spiro atoms. The zero-order valence-electron chi connectivity index (χ0n) is 23.9. The third-order valence-corrected chi connectivity index (χ3v) is 7.73. The lowest BCUT2D eigenvalue weighted by atomic mass is 10.0. The zero-order valence-corrected chi connectivity index (χ0v) is 23.9. The molecule has 212 valence electrons. The summed E-state index contributed by atoms with van der Waals surface area (Å²) < 4.78 is 1.94. The Kier molecular flexibility index (Phi) is 8.61. The fourth-order valence-corrected chi connectivity index (χ4v) is 5.32. The van der Waals surface area contributed by atoms with E-state index in [0.29, 0.717) is 42.1 Å². The van der Waals surface area contributed by atoms with Crippen LogP contribution < -0.4 is 10.7 Å². The minimum Gasteiger partial charge on any atom is -0.387 e. The molecule has 0 radical (unpaired) electrons. The molecule has 4 aromatic rings. The average molecular weight is 552 g/mol. The molecule has 0 saturated carbocycles. The van der Waals surface area contributed by atoms with E-state index >= 15 is 0 Å². The number of aliphatic hydroxyl groups excluding tert-OH is 1. The fraction of sp³-hybridized carbons (Fsp3) is 0.303. The van der Waals surface area contributed by atoms with E-state index in [4.69, 9.17) is 4.98 Å². The van der Waals surface area contributed by atoms with E-state index in [9.17, 15) is 14.7 Å². The van der Waals surface area contributed by atoms with E-state index in [1.54, 1.807) is 17.0 Å². The number of carbonyl (C=O) groups is 1. The van der Waals surface area contributed by atoms with Gasteiger partial charge in [0, 0.05) is 38.4 Å². The number of likely N-dealkylation sites (N-methyl/N-ethyl adjacent to an activating group) is 1. The van der Waals surface area contributed by atoms with Crippen LogP contribution in [-0.4, -0.2) is 70.1 Å². The van der Waals surface area contributed by atoms with Gasteiger partial charge in [-0.25, -0.2) is 4.98 Å². The maximum Gasteiger partial charge on any atom is 0.259 e. The number of aromatic nitrogens is 2. The molecule has 1 fully saturated rings. The molecule has 2 aromatic heterocycles.